The third-order valence-corrected chi connectivity index (χ3v) is 4.57. The van der Waals surface area contributed by atoms with Crippen LogP contribution in [-0.4, -0.2) is 20.8 Å². The van der Waals surface area contributed by atoms with Crippen molar-refractivity contribution in [2.75, 3.05) is 0 Å². The van der Waals surface area contributed by atoms with Crippen molar-refractivity contribution in [3.05, 3.63) is 60.2 Å². The minimum absolute atomic E-state index is 0.207. The Hall–Kier alpha value is -2.49. The van der Waals surface area contributed by atoms with E-state index in [4.69, 9.17) is 0 Å². The number of Topliss-reactive ketones (excluding diaryl/α,β-unsaturated/α-hetero) is 1. The van der Waals surface area contributed by atoms with E-state index in [9.17, 15) is 4.79 Å². The number of fused-ring (bicyclic) bond motifs is 1. The monoisotopic (exact) mass is 335 g/mol. The van der Waals surface area contributed by atoms with Gasteiger partial charge in [0.05, 0.1) is 5.52 Å². The van der Waals surface area contributed by atoms with Crippen molar-refractivity contribution in [1.29, 1.82) is 0 Å². The third kappa shape index (κ3) is 4.13. The molecular weight excluding hydrogens is 310 g/mol. The van der Waals surface area contributed by atoms with Crippen LogP contribution in [-0.2, 0) is 4.79 Å². The zero-order chi connectivity index (χ0) is 17.5. The van der Waals surface area contributed by atoms with E-state index in [1.54, 1.807) is 4.68 Å². The lowest BCUT2D eigenvalue weighted by molar-refractivity contribution is -0.121. The Morgan fingerprint density at radius 1 is 0.960 bits per heavy atom. The van der Waals surface area contributed by atoms with E-state index >= 15 is 0 Å². The molecule has 0 bridgehead atoms. The first-order valence-corrected chi connectivity index (χ1v) is 9.19. The van der Waals surface area contributed by atoms with E-state index in [1.165, 1.54) is 19.3 Å². The van der Waals surface area contributed by atoms with E-state index in [0.29, 0.717) is 6.42 Å². The Balaban J connectivity index is 1.85. The van der Waals surface area contributed by atoms with Gasteiger partial charge in [-0.1, -0.05) is 80.3 Å². The number of benzene rings is 2. The van der Waals surface area contributed by atoms with Gasteiger partial charge in [0, 0.05) is 6.42 Å². The van der Waals surface area contributed by atoms with Crippen LogP contribution in [0.5, 0.6) is 0 Å². The van der Waals surface area contributed by atoms with Gasteiger partial charge in [0.2, 0.25) is 0 Å². The van der Waals surface area contributed by atoms with Gasteiger partial charge < -0.3 is 0 Å². The first-order valence-electron chi connectivity index (χ1n) is 9.19. The molecule has 0 saturated heterocycles. The quantitative estimate of drug-likeness (QED) is 0.520. The SMILES string of the molecule is CCCCCCCC(=O)C(c1ccccc1)n1nnc2ccccc21. The van der Waals surface area contributed by atoms with Crippen LogP contribution in [0.25, 0.3) is 11.0 Å². The average Bonchev–Trinajstić information content (AvgIpc) is 3.07. The first kappa shape index (κ1) is 17.3. The number of carbonyl (C=O) groups is 1. The lowest BCUT2D eigenvalue weighted by atomic mass is 9.98. The number of ketones is 1. The molecule has 0 aliphatic rings. The number of rotatable bonds is 9. The zero-order valence-corrected chi connectivity index (χ0v) is 14.8. The molecule has 3 rings (SSSR count). The molecule has 1 heterocycles. The Bertz CT molecular complexity index is 810. The first-order chi connectivity index (χ1) is 12.3. The van der Waals surface area contributed by atoms with E-state index in [2.05, 4.69) is 17.2 Å². The summed E-state index contributed by atoms with van der Waals surface area (Å²) in [6.45, 7) is 2.20. The van der Waals surface area contributed by atoms with Gasteiger partial charge in [-0.05, 0) is 24.1 Å². The standard InChI is InChI=1S/C21H25N3O/c1-2-3-4-5-9-16-20(25)21(17-12-7-6-8-13-17)24-19-15-11-10-14-18(19)22-23-24/h6-8,10-15,21H,2-5,9,16H2,1H3. The summed E-state index contributed by atoms with van der Waals surface area (Å²) in [4.78, 5) is 13.0. The number of unbranched alkanes of at least 4 members (excludes halogenated alkanes) is 4. The number of hydrogen-bond donors (Lipinski definition) is 0. The number of hydrogen-bond acceptors (Lipinski definition) is 3. The number of para-hydroxylation sites is 1. The largest absolute Gasteiger partial charge is 0.297 e. The summed E-state index contributed by atoms with van der Waals surface area (Å²) in [5, 5.41) is 8.53. The minimum Gasteiger partial charge on any atom is -0.297 e. The summed E-state index contributed by atoms with van der Waals surface area (Å²) in [5.41, 5.74) is 2.69. The summed E-state index contributed by atoms with van der Waals surface area (Å²) in [6.07, 6.45) is 6.28. The number of aromatic nitrogens is 3. The molecule has 0 amide bonds. The van der Waals surface area contributed by atoms with Gasteiger partial charge in [-0.25, -0.2) is 4.68 Å². The molecule has 0 saturated carbocycles. The van der Waals surface area contributed by atoms with Gasteiger partial charge in [-0.2, -0.15) is 0 Å². The molecular formula is C21H25N3O. The molecule has 4 heteroatoms. The summed E-state index contributed by atoms with van der Waals surface area (Å²) < 4.78 is 1.78. The van der Waals surface area contributed by atoms with Gasteiger partial charge in [0.15, 0.2) is 5.78 Å². The fourth-order valence-electron chi connectivity index (χ4n) is 3.22. The molecule has 0 aliphatic heterocycles. The van der Waals surface area contributed by atoms with Gasteiger partial charge >= 0.3 is 0 Å². The average molecular weight is 335 g/mol. The topological polar surface area (TPSA) is 47.8 Å². The molecule has 0 fully saturated rings. The van der Waals surface area contributed by atoms with Crippen LogP contribution >= 0.6 is 0 Å². The van der Waals surface area contributed by atoms with Gasteiger partial charge in [-0.3, -0.25) is 4.79 Å². The molecule has 4 nitrogen and oxygen atoms in total. The normalized spacial score (nSPS) is 12.4. The highest BCUT2D eigenvalue weighted by atomic mass is 16.1. The van der Waals surface area contributed by atoms with Crippen molar-refractivity contribution in [2.24, 2.45) is 0 Å². The van der Waals surface area contributed by atoms with Crippen molar-refractivity contribution in [3.8, 4) is 0 Å². The van der Waals surface area contributed by atoms with E-state index in [-0.39, 0.29) is 5.78 Å². The lowest BCUT2D eigenvalue weighted by Gasteiger charge is -2.17. The molecule has 130 valence electrons. The Morgan fingerprint density at radius 3 is 2.48 bits per heavy atom. The fraction of sp³-hybridized carbons (Fsp3) is 0.381. The summed E-state index contributed by atoms with van der Waals surface area (Å²) >= 11 is 0. The number of carbonyl (C=O) groups excluding carboxylic acids is 1. The minimum atomic E-state index is -0.403. The van der Waals surface area contributed by atoms with Crippen LogP contribution in [0.4, 0.5) is 0 Å². The van der Waals surface area contributed by atoms with Crippen LogP contribution in [0.15, 0.2) is 54.6 Å². The predicted octanol–water partition coefficient (Wildman–Crippen LogP) is 4.95. The van der Waals surface area contributed by atoms with E-state index < -0.39 is 6.04 Å². The molecule has 0 radical (unpaired) electrons. The van der Waals surface area contributed by atoms with Crippen molar-refractivity contribution in [2.45, 2.75) is 51.5 Å². The predicted molar refractivity (Wildman–Crippen MR) is 100 cm³/mol. The van der Waals surface area contributed by atoms with E-state index in [1.807, 2.05) is 54.6 Å². The summed E-state index contributed by atoms with van der Waals surface area (Å²) in [7, 11) is 0. The highest BCUT2D eigenvalue weighted by molar-refractivity contribution is 5.87. The van der Waals surface area contributed by atoms with Crippen LogP contribution < -0.4 is 0 Å². The molecule has 1 atom stereocenters. The molecule has 25 heavy (non-hydrogen) atoms. The Labute approximate surface area is 148 Å². The highest BCUT2D eigenvalue weighted by Gasteiger charge is 2.24. The number of nitrogens with zero attached hydrogens (tertiary/aromatic N) is 3. The second kappa shape index (κ2) is 8.56. The maximum Gasteiger partial charge on any atom is 0.161 e. The molecule has 2 aromatic carbocycles. The highest BCUT2D eigenvalue weighted by Crippen LogP contribution is 2.25. The zero-order valence-electron chi connectivity index (χ0n) is 14.8. The van der Waals surface area contributed by atoms with Crippen molar-refractivity contribution in [1.82, 2.24) is 15.0 Å². The van der Waals surface area contributed by atoms with Crippen molar-refractivity contribution < 1.29 is 4.79 Å². The molecule has 0 spiro atoms. The van der Waals surface area contributed by atoms with Gasteiger partial charge in [0.25, 0.3) is 0 Å². The van der Waals surface area contributed by atoms with Crippen LogP contribution in [0.1, 0.15) is 57.1 Å². The van der Waals surface area contributed by atoms with Crippen molar-refractivity contribution in [3.63, 3.8) is 0 Å². The summed E-state index contributed by atoms with van der Waals surface area (Å²) in [6, 6.07) is 17.3. The summed E-state index contributed by atoms with van der Waals surface area (Å²) in [5.74, 6) is 0.207. The smallest absolute Gasteiger partial charge is 0.161 e. The molecule has 3 aromatic rings. The van der Waals surface area contributed by atoms with Crippen LogP contribution in [0.2, 0.25) is 0 Å². The van der Waals surface area contributed by atoms with Gasteiger partial charge in [0.1, 0.15) is 11.6 Å². The molecule has 0 aliphatic carbocycles. The molecule has 1 unspecified atom stereocenters. The van der Waals surface area contributed by atoms with Gasteiger partial charge in [-0.15, -0.1) is 5.10 Å². The molecule has 0 N–H and O–H groups in total. The Kier molecular flexibility index (Phi) is 5.94. The lowest BCUT2D eigenvalue weighted by Crippen LogP contribution is -2.22. The second-order valence-electron chi connectivity index (χ2n) is 6.47. The van der Waals surface area contributed by atoms with Crippen molar-refractivity contribution >= 4 is 16.8 Å². The fourth-order valence-corrected chi connectivity index (χ4v) is 3.22. The maximum absolute atomic E-state index is 13.0. The maximum atomic E-state index is 13.0. The third-order valence-electron chi connectivity index (χ3n) is 4.57. The second-order valence-corrected chi connectivity index (χ2v) is 6.47. The van der Waals surface area contributed by atoms with E-state index in [0.717, 1.165) is 29.4 Å². The van der Waals surface area contributed by atoms with Crippen LogP contribution in [0, 0.1) is 0 Å². The Morgan fingerprint density at radius 2 is 1.68 bits per heavy atom. The van der Waals surface area contributed by atoms with Crippen LogP contribution in [0.3, 0.4) is 0 Å². The molecule has 1 aromatic heterocycles.